The van der Waals surface area contributed by atoms with E-state index in [2.05, 4.69) is 5.32 Å². The summed E-state index contributed by atoms with van der Waals surface area (Å²) in [5.74, 6) is 1.07. The van der Waals surface area contributed by atoms with Crippen LogP contribution in [0.2, 0.25) is 0 Å². The smallest absolute Gasteiger partial charge is 0.261 e. The van der Waals surface area contributed by atoms with Gasteiger partial charge in [0, 0.05) is 7.05 Å². The Morgan fingerprint density at radius 3 is 2.48 bits per heavy atom. The van der Waals surface area contributed by atoms with Gasteiger partial charge in [0.2, 0.25) is 5.91 Å². The van der Waals surface area contributed by atoms with E-state index in [0.29, 0.717) is 23.8 Å². The number of carbonyl (C=O) groups is 2. The maximum atomic E-state index is 12.3. The van der Waals surface area contributed by atoms with Crippen molar-refractivity contribution in [1.82, 2.24) is 10.2 Å². The Hall–Kier alpha value is -2.54. The quantitative estimate of drug-likeness (QED) is 0.783. The van der Waals surface area contributed by atoms with Gasteiger partial charge < -0.3 is 19.7 Å². The molecule has 0 saturated heterocycles. The van der Waals surface area contributed by atoms with Crippen molar-refractivity contribution in [2.45, 2.75) is 13.0 Å². The van der Waals surface area contributed by atoms with Gasteiger partial charge in [0.15, 0.2) is 0 Å². The van der Waals surface area contributed by atoms with Crippen LogP contribution in [0.25, 0.3) is 0 Å². The number of likely N-dealkylation sites (N-methyl/N-ethyl adjacent to an activating group) is 1. The molecule has 134 valence electrons. The van der Waals surface area contributed by atoms with Crippen LogP contribution in [-0.2, 0) is 4.79 Å². The van der Waals surface area contributed by atoms with Crippen LogP contribution >= 0.6 is 11.3 Å². The molecule has 0 aliphatic carbocycles. The minimum atomic E-state index is -0.597. The van der Waals surface area contributed by atoms with E-state index >= 15 is 0 Å². The summed E-state index contributed by atoms with van der Waals surface area (Å²) in [6, 6.07) is 10.2. The molecule has 0 spiro atoms. The monoisotopic (exact) mass is 362 g/mol. The van der Waals surface area contributed by atoms with E-state index < -0.39 is 6.04 Å². The van der Waals surface area contributed by atoms with Crippen molar-refractivity contribution >= 4 is 23.2 Å². The van der Waals surface area contributed by atoms with E-state index in [9.17, 15) is 9.59 Å². The van der Waals surface area contributed by atoms with Gasteiger partial charge in [-0.3, -0.25) is 9.59 Å². The number of rotatable bonds is 8. The average Bonchev–Trinajstić information content (AvgIpc) is 3.16. The Bertz CT molecular complexity index is 686. The molecule has 1 atom stereocenters. The molecular formula is C18H22N2O4S. The van der Waals surface area contributed by atoms with Crippen LogP contribution in [0, 0.1) is 0 Å². The van der Waals surface area contributed by atoms with Gasteiger partial charge in [0.1, 0.15) is 24.1 Å². The van der Waals surface area contributed by atoms with E-state index in [0.717, 1.165) is 5.75 Å². The Balaban J connectivity index is 1.75. The van der Waals surface area contributed by atoms with E-state index in [1.807, 2.05) is 29.6 Å². The number of carbonyl (C=O) groups excluding carboxylic acids is 2. The molecule has 0 fully saturated rings. The highest BCUT2D eigenvalue weighted by Crippen LogP contribution is 2.16. The minimum Gasteiger partial charge on any atom is -0.497 e. The number of nitrogens with zero attached hydrogens (tertiary/aromatic N) is 1. The molecule has 0 radical (unpaired) electrons. The Kier molecular flexibility index (Phi) is 6.82. The molecule has 1 aromatic heterocycles. The molecule has 1 unspecified atom stereocenters. The van der Waals surface area contributed by atoms with Crippen LogP contribution in [0.3, 0.4) is 0 Å². The molecule has 7 heteroatoms. The summed E-state index contributed by atoms with van der Waals surface area (Å²) in [6.07, 6.45) is 0. The zero-order valence-electron chi connectivity index (χ0n) is 14.5. The van der Waals surface area contributed by atoms with Gasteiger partial charge in [-0.25, -0.2) is 0 Å². The molecule has 1 aromatic carbocycles. The molecule has 0 saturated carbocycles. The molecule has 6 nitrogen and oxygen atoms in total. The highest BCUT2D eigenvalue weighted by molar-refractivity contribution is 7.12. The van der Waals surface area contributed by atoms with E-state index in [1.165, 1.54) is 11.3 Å². The summed E-state index contributed by atoms with van der Waals surface area (Å²) < 4.78 is 10.7. The highest BCUT2D eigenvalue weighted by atomic mass is 32.1. The number of methoxy groups -OCH3 is 1. The number of hydrogen-bond donors (Lipinski definition) is 1. The molecule has 0 aliphatic rings. The van der Waals surface area contributed by atoms with Crippen molar-refractivity contribution in [3.05, 3.63) is 46.7 Å². The van der Waals surface area contributed by atoms with Crippen molar-refractivity contribution in [3.63, 3.8) is 0 Å². The standard InChI is InChI=1S/C18H22N2O4S/c1-13(19-17(21)16-5-4-12-25-16)18(22)20(2)10-11-24-15-8-6-14(23-3)7-9-15/h4-9,12-13H,10-11H2,1-3H3,(H,19,21). The van der Waals surface area contributed by atoms with E-state index in [-0.39, 0.29) is 11.8 Å². The topological polar surface area (TPSA) is 67.9 Å². The zero-order chi connectivity index (χ0) is 18.2. The molecule has 0 aliphatic heterocycles. The van der Waals surface area contributed by atoms with Gasteiger partial charge in [-0.05, 0) is 42.6 Å². The number of benzene rings is 1. The van der Waals surface area contributed by atoms with E-state index in [4.69, 9.17) is 9.47 Å². The van der Waals surface area contributed by atoms with E-state index in [1.54, 1.807) is 38.1 Å². The molecule has 2 rings (SSSR count). The lowest BCUT2D eigenvalue weighted by Crippen LogP contribution is -2.46. The number of nitrogens with one attached hydrogen (secondary N) is 1. The Morgan fingerprint density at radius 1 is 1.20 bits per heavy atom. The van der Waals surface area contributed by atoms with Crippen molar-refractivity contribution in [2.24, 2.45) is 0 Å². The third-order valence-electron chi connectivity index (χ3n) is 3.59. The van der Waals surface area contributed by atoms with Gasteiger partial charge in [-0.1, -0.05) is 6.07 Å². The summed E-state index contributed by atoms with van der Waals surface area (Å²) in [6.45, 7) is 2.46. The predicted molar refractivity (Wildman–Crippen MR) is 97.4 cm³/mol. The first kappa shape index (κ1) is 18.8. The Morgan fingerprint density at radius 2 is 1.88 bits per heavy atom. The van der Waals surface area contributed by atoms with Crippen LogP contribution in [0.5, 0.6) is 11.5 Å². The van der Waals surface area contributed by atoms with Crippen molar-refractivity contribution in [2.75, 3.05) is 27.3 Å². The molecular weight excluding hydrogens is 340 g/mol. The van der Waals surface area contributed by atoms with Crippen LogP contribution in [0.4, 0.5) is 0 Å². The normalized spacial score (nSPS) is 11.5. The number of ether oxygens (including phenoxy) is 2. The zero-order valence-corrected chi connectivity index (χ0v) is 15.3. The molecule has 1 N–H and O–H groups in total. The first-order valence-corrected chi connectivity index (χ1v) is 8.75. The molecule has 2 aromatic rings. The number of amides is 2. The fraction of sp³-hybridized carbons (Fsp3) is 0.333. The Labute approximate surface area is 151 Å². The summed E-state index contributed by atoms with van der Waals surface area (Å²) in [5, 5.41) is 4.53. The first-order chi connectivity index (χ1) is 12.0. The highest BCUT2D eigenvalue weighted by Gasteiger charge is 2.20. The number of thiophene rings is 1. The summed E-state index contributed by atoms with van der Waals surface area (Å²) in [5.41, 5.74) is 0. The fourth-order valence-electron chi connectivity index (χ4n) is 2.15. The van der Waals surface area contributed by atoms with Crippen molar-refractivity contribution < 1.29 is 19.1 Å². The summed E-state index contributed by atoms with van der Waals surface area (Å²) in [7, 11) is 3.29. The van der Waals surface area contributed by atoms with Crippen LogP contribution in [0.1, 0.15) is 16.6 Å². The second kappa shape index (κ2) is 9.08. The van der Waals surface area contributed by atoms with Gasteiger partial charge in [0.05, 0.1) is 18.5 Å². The summed E-state index contributed by atoms with van der Waals surface area (Å²) >= 11 is 1.34. The first-order valence-electron chi connectivity index (χ1n) is 7.87. The lowest BCUT2D eigenvalue weighted by molar-refractivity contribution is -0.131. The fourth-order valence-corrected chi connectivity index (χ4v) is 2.78. The largest absolute Gasteiger partial charge is 0.497 e. The third-order valence-corrected chi connectivity index (χ3v) is 4.46. The van der Waals surface area contributed by atoms with Crippen LogP contribution < -0.4 is 14.8 Å². The van der Waals surface area contributed by atoms with Gasteiger partial charge in [-0.2, -0.15) is 0 Å². The van der Waals surface area contributed by atoms with Gasteiger partial charge in [0.25, 0.3) is 5.91 Å². The second-order valence-corrected chi connectivity index (χ2v) is 6.40. The van der Waals surface area contributed by atoms with Crippen LogP contribution in [0.15, 0.2) is 41.8 Å². The van der Waals surface area contributed by atoms with Crippen molar-refractivity contribution in [1.29, 1.82) is 0 Å². The third kappa shape index (κ3) is 5.49. The SMILES string of the molecule is COc1ccc(OCCN(C)C(=O)C(C)NC(=O)c2cccs2)cc1. The van der Waals surface area contributed by atoms with Crippen molar-refractivity contribution in [3.8, 4) is 11.5 Å². The molecule has 1 heterocycles. The predicted octanol–water partition coefficient (Wildman–Crippen LogP) is 2.41. The maximum absolute atomic E-state index is 12.3. The minimum absolute atomic E-state index is 0.164. The molecule has 2 amide bonds. The average molecular weight is 362 g/mol. The van der Waals surface area contributed by atoms with Gasteiger partial charge >= 0.3 is 0 Å². The summed E-state index contributed by atoms with van der Waals surface area (Å²) in [4.78, 5) is 26.4. The van der Waals surface area contributed by atoms with Crippen LogP contribution in [-0.4, -0.2) is 50.1 Å². The van der Waals surface area contributed by atoms with Gasteiger partial charge in [-0.15, -0.1) is 11.3 Å². The lowest BCUT2D eigenvalue weighted by Gasteiger charge is -2.22. The molecule has 0 bridgehead atoms. The second-order valence-electron chi connectivity index (χ2n) is 5.46. The maximum Gasteiger partial charge on any atom is 0.261 e. The number of hydrogen-bond acceptors (Lipinski definition) is 5. The molecule has 25 heavy (non-hydrogen) atoms. The lowest BCUT2D eigenvalue weighted by atomic mass is 10.2.